The van der Waals surface area contributed by atoms with Crippen LogP contribution >= 0.6 is 0 Å². The average Bonchev–Trinajstić information content (AvgIpc) is 2.66. The van der Waals surface area contributed by atoms with E-state index in [1.165, 1.54) is 0 Å². The molecular formula is C19H30N4O3. The molecule has 1 aliphatic heterocycles. The molecule has 1 heterocycles. The predicted molar refractivity (Wildman–Crippen MR) is 101 cm³/mol. The number of hydrogen-bond donors (Lipinski definition) is 2. The molecule has 0 aromatic heterocycles. The first-order chi connectivity index (χ1) is 12.7. The molecule has 2 rings (SSSR count). The molecule has 2 amide bonds. The van der Waals surface area contributed by atoms with Crippen LogP contribution in [-0.2, 0) is 20.9 Å². The van der Waals surface area contributed by atoms with Gasteiger partial charge in [0.25, 0.3) is 0 Å². The Bertz CT molecular complexity index is 545. The van der Waals surface area contributed by atoms with Gasteiger partial charge in [0, 0.05) is 53.0 Å². The number of amides is 2. The highest BCUT2D eigenvalue weighted by atomic mass is 16.5. The SMILES string of the molecule is COCCCNC(=O)CN1CCN(CC(=O)NCc2ccccc2)CC1. The van der Waals surface area contributed by atoms with E-state index in [0.29, 0.717) is 32.8 Å². The summed E-state index contributed by atoms with van der Waals surface area (Å²) in [7, 11) is 1.66. The van der Waals surface area contributed by atoms with Crippen molar-refractivity contribution in [3.05, 3.63) is 35.9 Å². The van der Waals surface area contributed by atoms with Crippen LogP contribution in [0.1, 0.15) is 12.0 Å². The van der Waals surface area contributed by atoms with Crippen LogP contribution in [0, 0.1) is 0 Å². The Balaban J connectivity index is 1.57. The van der Waals surface area contributed by atoms with Gasteiger partial charge in [0.1, 0.15) is 0 Å². The first-order valence-corrected chi connectivity index (χ1v) is 9.18. The number of piperazine rings is 1. The molecule has 0 radical (unpaired) electrons. The summed E-state index contributed by atoms with van der Waals surface area (Å²) in [5, 5.41) is 5.86. The van der Waals surface area contributed by atoms with Crippen molar-refractivity contribution >= 4 is 11.8 Å². The van der Waals surface area contributed by atoms with Crippen LogP contribution in [0.4, 0.5) is 0 Å². The summed E-state index contributed by atoms with van der Waals surface area (Å²) in [5.74, 6) is 0.0911. The molecule has 1 saturated heterocycles. The van der Waals surface area contributed by atoms with Gasteiger partial charge in [-0.2, -0.15) is 0 Å². The van der Waals surface area contributed by atoms with Gasteiger partial charge in [-0.3, -0.25) is 19.4 Å². The van der Waals surface area contributed by atoms with Crippen molar-refractivity contribution in [2.24, 2.45) is 0 Å². The molecule has 0 spiro atoms. The van der Waals surface area contributed by atoms with Crippen molar-refractivity contribution in [1.82, 2.24) is 20.4 Å². The summed E-state index contributed by atoms with van der Waals surface area (Å²) in [4.78, 5) is 28.2. The van der Waals surface area contributed by atoms with Gasteiger partial charge >= 0.3 is 0 Å². The fourth-order valence-electron chi connectivity index (χ4n) is 2.86. The lowest BCUT2D eigenvalue weighted by Gasteiger charge is -2.33. The van der Waals surface area contributed by atoms with Gasteiger partial charge in [0.15, 0.2) is 0 Å². The molecule has 144 valence electrons. The molecule has 1 aliphatic rings. The second kappa shape index (κ2) is 11.6. The number of methoxy groups -OCH3 is 1. The summed E-state index contributed by atoms with van der Waals surface area (Å²) < 4.78 is 4.96. The van der Waals surface area contributed by atoms with E-state index in [1.807, 2.05) is 30.3 Å². The van der Waals surface area contributed by atoms with Gasteiger partial charge < -0.3 is 15.4 Å². The van der Waals surface area contributed by atoms with Crippen molar-refractivity contribution < 1.29 is 14.3 Å². The van der Waals surface area contributed by atoms with Crippen molar-refractivity contribution in [1.29, 1.82) is 0 Å². The lowest BCUT2D eigenvalue weighted by molar-refractivity contribution is -0.125. The van der Waals surface area contributed by atoms with Gasteiger partial charge in [-0.1, -0.05) is 30.3 Å². The lowest BCUT2D eigenvalue weighted by atomic mass is 10.2. The Hall–Kier alpha value is -1.96. The zero-order chi connectivity index (χ0) is 18.6. The Morgan fingerprint density at radius 3 is 2.12 bits per heavy atom. The molecule has 1 aromatic carbocycles. The average molecular weight is 362 g/mol. The van der Waals surface area contributed by atoms with Gasteiger partial charge in [-0.25, -0.2) is 0 Å². The zero-order valence-electron chi connectivity index (χ0n) is 15.6. The van der Waals surface area contributed by atoms with E-state index in [9.17, 15) is 9.59 Å². The van der Waals surface area contributed by atoms with Crippen LogP contribution in [0.2, 0.25) is 0 Å². The number of nitrogens with one attached hydrogen (secondary N) is 2. The fourth-order valence-corrected chi connectivity index (χ4v) is 2.86. The number of nitrogens with zero attached hydrogens (tertiary/aromatic N) is 2. The molecule has 26 heavy (non-hydrogen) atoms. The van der Waals surface area contributed by atoms with E-state index in [4.69, 9.17) is 4.74 Å². The topological polar surface area (TPSA) is 73.9 Å². The zero-order valence-corrected chi connectivity index (χ0v) is 15.6. The maximum Gasteiger partial charge on any atom is 0.234 e. The Morgan fingerprint density at radius 2 is 1.54 bits per heavy atom. The maximum absolute atomic E-state index is 12.1. The Kier molecular flexibility index (Phi) is 9.09. The quantitative estimate of drug-likeness (QED) is 0.577. The van der Waals surface area contributed by atoms with Gasteiger partial charge in [-0.15, -0.1) is 0 Å². The first kappa shape index (κ1) is 20.4. The maximum atomic E-state index is 12.1. The Morgan fingerprint density at radius 1 is 0.962 bits per heavy atom. The molecule has 1 aromatic rings. The third-order valence-corrected chi connectivity index (χ3v) is 4.38. The van der Waals surface area contributed by atoms with Crippen molar-refractivity contribution in [3.63, 3.8) is 0 Å². The third-order valence-electron chi connectivity index (χ3n) is 4.38. The molecular weight excluding hydrogens is 332 g/mol. The minimum Gasteiger partial charge on any atom is -0.385 e. The van der Waals surface area contributed by atoms with E-state index in [1.54, 1.807) is 7.11 Å². The molecule has 2 N–H and O–H groups in total. The summed E-state index contributed by atoms with van der Waals surface area (Å²) in [6.07, 6.45) is 0.827. The fraction of sp³-hybridized carbons (Fsp3) is 0.579. The molecule has 0 unspecified atom stereocenters. The summed E-state index contributed by atoms with van der Waals surface area (Å²) >= 11 is 0. The number of carbonyl (C=O) groups excluding carboxylic acids is 2. The summed E-state index contributed by atoms with van der Waals surface area (Å²) in [6.45, 7) is 5.90. The van der Waals surface area contributed by atoms with Gasteiger partial charge in [-0.05, 0) is 12.0 Å². The van der Waals surface area contributed by atoms with Crippen LogP contribution in [-0.4, -0.2) is 81.1 Å². The molecule has 0 saturated carbocycles. The van der Waals surface area contributed by atoms with E-state index in [-0.39, 0.29) is 11.8 Å². The lowest BCUT2D eigenvalue weighted by Crippen LogP contribution is -2.51. The number of benzene rings is 1. The van der Waals surface area contributed by atoms with E-state index >= 15 is 0 Å². The largest absolute Gasteiger partial charge is 0.385 e. The second-order valence-electron chi connectivity index (χ2n) is 6.51. The van der Waals surface area contributed by atoms with Crippen molar-refractivity contribution in [2.75, 3.05) is 59.5 Å². The van der Waals surface area contributed by atoms with Crippen LogP contribution in [0.3, 0.4) is 0 Å². The molecule has 0 bridgehead atoms. The van der Waals surface area contributed by atoms with Crippen molar-refractivity contribution in [2.45, 2.75) is 13.0 Å². The van der Waals surface area contributed by atoms with Crippen molar-refractivity contribution in [3.8, 4) is 0 Å². The smallest absolute Gasteiger partial charge is 0.234 e. The third kappa shape index (κ3) is 7.95. The van der Waals surface area contributed by atoms with E-state index in [2.05, 4.69) is 20.4 Å². The first-order valence-electron chi connectivity index (χ1n) is 9.18. The van der Waals surface area contributed by atoms with Crippen LogP contribution in [0.5, 0.6) is 0 Å². The summed E-state index contributed by atoms with van der Waals surface area (Å²) in [6, 6.07) is 9.90. The normalized spacial score (nSPS) is 15.6. The minimum absolute atomic E-state index is 0.0400. The number of carbonyl (C=O) groups is 2. The Labute approximate surface area is 155 Å². The standard InChI is InChI=1S/C19H30N4O3/c1-26-13-5-8-20-18(24)15-22-9-11-23(12-10-22)16-19(25)21-14-17-6-3-2-4-7-17/h2-4,6-7H,5,8-16H2,1H3,(H,20,24)(H,21,25). The highest BCUT2D eigenvalue weighted by molar-refractivity contribution is 5.78. The van der Waals surface area contributed by atoms with Crippen LogP contribution in [0.15, 0.2) is 30.3 Å². The van der Waals surface area contributed by atoms with Crippen LogP contribution < -0.4 is 10.6 Å². The van der Waals surface area contributed by atoms with E-state index in [0.717, 1.165) is 38.2 Å². The molecule has 7 heteroatoms. The number of hydrogen-bond acceptors (Lipinski definition) is 5. The van der Waals surface area contributed by atoms with Gasteiger partial charge in [0.2, 0.25) is 11.8 Å². The molecule has 0 atom stereocenters. The highest BCUT2D eigenvalue weighted by Gasteiger charge is 2.20. The monoisotopic (exact) mass is 362 g/mol. The summed E-state index contributed by atoms with van der Waals surface area (Å²) in [5.41, 5.74) is 1.10. The van der Waals surface area contributed by atoms with Crippen LogP contribution in [0.25, 0.3) is 0 Å². The number of rotatable bonds is 10. The van der Waals surface area contributed by atoms with Gasteiger partial charge in [0.05, 0.1) is 13.1 Å². The van der Waals surface area contributed by atoms with E-state index < -0.39 is 0 Å². The highest BCUT2D eigenvalue weighted by Crippen LogP contribution is 2.02. The molecule has 0 aliphatic carbocycles. The molecule has 1 fully saturated rings. The minimum atomic E-state index is 0.0400. The second-order valence-corrected chi connectivity index (χ2v) is 6.51. The predicted octanol–water partition coefficient (Wildman–Crippen LogP) is 0.0731. The number of ether oxygens (including phenoxy) is 1. The molecule has 7 nitrogen and oxygen atoms in total.